The lowest BCUT2D eigenvalue weighted by atomic mass is 9.91. The highest BCUT2D eigenvalue weighted by molar-refractivity contribution is 5.85. The van der Waals surface area contributed by atoms with Crippen LogP contribution < -0.4 is 11.1 Å². The third-order valence-electron chi connectivity index (χ3n) is 2.62. The molecule has 0 aliphatic carbocycles. The molecule has 3 N–H and O–H groups in total. The summed E-state index contributed by atoms with van der Waals surface area (Å²) in [5, 5.41) is 6.99. The average molecular weight is 311 g/mol. The fourth-order valence-electron chi connectivity index (χ4n) is 2.00. The zero-order valence-electron chi connectivity index (χ0n) is 11.6. The average Bonchev–Trinajstić information content (AvgIpc) is 2.68. The van der Waals surface area contributed by atoms with Gasteiger partial charge in [-0.2, -0.15) is 5.10 Å². The molecule has 1 amide bonds. The van der Waals surface area contributed by atoms with Gasteiger partial charge in [0.1, 0.15) is 6.54 Å². The molecular formula is C12H24Cl2N4O. The fraction of sp³-hybridized carbons (Fsp3) is 0.667. The van der Waals surface area contributed by atoms with Crippen LogP contribution in [0, 0.1) is 5.92 Å². The zero-order valence-corrected chi connectivity index (χ0v) is 13.3. The normalized spacial score (nSPS) is 13.1. The van der Waals surface area contributed by atoms with Crippen LogP contribution in [-0.4, -0.2) is 27.8 Å². The first kappa shape index (κ1) is 20.5. The number of aromatic nitrogens is 2. The summed E-state index contributed by atoms with van der Waals surface area (Å²) in [7, 11) is 0. The molecule has 0 spiro atoms. The minimum absolute atomic E-state index is 0. The van der Waals surface area contributed by atoms with Gasteiger partial charge in [0.2, 0.25) is 5.91 Å². The number of nitrogens with two attached hydrogens (primary N) is 1. The van der Waals surface area contributed by atoms with Crippen molar-refractivity contribution in [3.8, 4) is 0 Å². The second kappa shape index (κ2) is 9.18. The Morgan fingerprint density at radius 1 is 1.47 bits per heavy atom. The van der Waals surface area contributed by atoms with Crippen molar-refractivity contribution >= 4 is 30.7 Å². The molecule has 112 valence electrons. The van der Waals surface area contributed by atoms with Crippen molar-refractivity contribution < 1.29 is 4.79 Å². The first-order chi connectivity index (χ1) is 7.95. The van der Waals surface area contributed by atoms with Crippen molar-refractivity contribution in [2.45, 2.75) is 39.3 Å². The number of carbonyl (C=O) groups excluding carboxylic acids is 1. The summed E-state index contributed by atoms with van der Waals surface area (Å²) < 4.78 is 1.60. The van der Waals surface area contributed by atoms with Crippen LogP contribution >= 0.6 is 24.8 Å². The maximum atomic E-state index is 11.8. The molecular weight excluding hydrogens is 287 g/mol. The Morgan fingerprint density at radius 3 is 2.53 bits per heavy atom. The summed E-state index contributed by atoms with van der Waals surface area (Å²) in [5.74, 6) is 0.441. The minimum atomic E-state index is -0.335. The molecule has 1 rings (SSSR count). The topological polar surface area (TPSA) is 72.9 Å². The van der Waals surface area contributed by atoms with Crippen LogP contribution in [0.3, 0.4) is 0 Å². The van der Waals surface area contributed by atoms with Gasteiger partial charge < -0.3 is 11.1 Å². The van der Waals surface area contributed by atoms with E-state index in [1.54, 1.807) is 23.1 Å². The molecule has 1 aromatic rings. The summed E-state index contributed by atoms with van der Waals surface area (Å²) in [6.45, 7) is 6.89. The molecule has 0 aliphatic rings. The third kappa shape index (κ3) is 7.40. The second-order valence-corrected chi connectivity index (χ2v) is 5.11. The Bertz CT molecular complexity index is 357. The Morgan fingerprint density at radius 2 is 2.11 bits per heavy atom. The maximum absolute atomic E-state index is 11.8. The Hall–Kier alpha value is -0.780. The van der Waals surface area contributed by atoms with E-state index >= 15 is 0 Å². The van der Waals surface area contributed by atoms with E-state index in [2.05, 4.69) is 24.3 Å². The van der Waals surface area contributed by atoms with E-state index in [-0.39, 0.29) is 42.8 Å². The van der Waals surface area contributed by atoms with E-state index in [0.717, 1.165) is 6.42 Å². The Labute approximate surface area is 127 Å². The summed E-state index contributed by atoms with van der Waals surface area (Å²) >= 11 is 0. The van der Waals surface area contributed by atoms with Crippen LogP contribution in [0.15, 0.2) is 18.5 Å². The molecule has 5 nitrogen and oxygen atoms in total. The van der Waals surface area contributed by atoms with E-state index in [1.165, 1.54) is 0 Å². The van der Waals surface area contributed by atoms with Crippen LogP contribution in [0.1, 0.15) is 27.2 Å². The smallest absolute Gasteiger partial charge is 0.242 e. The summed E-state index contributed by atoms with van der Waals surface area (Å²) in [6, 6.07) is 1.80. The number of hydrogen-bond donors (Lipinski definition) is 2. The van der Waals surface area contributed by atoms with Gasteiger partial charge in [-0.1, -0.05) is 13.8 Å². The van der Waals surface area contributed by atoms with Gasteiger partial charge in [0.25, 0.3) is 0 Å². The monoisotopic (exact) mass is 310 g/mol. The molecule has 0 fully saturated rings. The molecule has 1 aromatic heterocycles. The summed E-state index contributed by atoms with van der Waals surface area (Å²) in [5.41, 5.74) is 5.40. The molecule has 0 aliphatic heterocycles. The van der Waals surface area contributed by atoms with Crippen molar-refractivity contribution in [2.24, 2.45) is 11.7 Å². The summed E-state index contributed by atoms with van der Waals surface area (Å²) in [4.78, 5) is 11.8. The van der Waals surface area contributed by atoms with Crippen molar-refractivity contribution in [3.63, 3.8) is 0 Å². The maximum Gasteiger partial charge on any atom is 0.242 e. The van der Waals surface area contributed by atoms with E-state index in [9.17, 15) is 4.79 Å². The van der Waals surface area contributed by atoms with Gasteiger partial charge in [0.05, 0.1) is 0 Å². The molecule has 19 heavy (non-hydrogen) atoms. The van der Waals surface area contributed by atoms with Gasteiger partial charge in [-0.05, 0) is 25.3 Å². The summed E-state index contributed by atoms with van der Waals surface area (Å²) in [6.07, 6.45) is 4.29. The molecule has 1 heterocycles. The van der Waals surface area contributed by atoms with Gasteiger partial charge in [0, 0.05) is 24.5 Å². The molecule has 0 aromatic carbocycles. The molecule has 0 bridgehead atoms. The van der Waals surface area contributed by atoms with Gasteiger partial charge in [-0.3, -0.25) is 9.48 Å². The standard InChI is InChI=1S/C12H22N4O.2ClH/c1-10(2)7-12(3,9-13)15-11(17)8-16-6-4-5-14-16;;/h4-6,10H,7-9,13H2,1-3H3,(H,15,17);2*1H. The first-order valence-corrected chi connectivity index (χ1v) is 5.94. The Balaban J connectivity index is 0. The minimum Gasteiger partial charge on any atom is -0.348 e. The Kier molecular flexibility index (Phi) is 9.92. The quantitative estimate of drug-likeness (QED) is 0.838. The zero-order chi connectivity index (χ0) is 12.9. The third-order valence-corrected chi connectivity index (χ3v) is 2.62. The van der Waals surface area contributed by atoms with Crippen LogP contribution in [0.2, 0.25) is 0 Å². The van der Waals surface area contributed by atoms with Crippen LogP contribution in [0.25, 0.3) is 0 Å². The highest BCUT2D eigenvalue weighted by atomic mass is 35.5. The van der Waals surface area contributed by atoms with E-state index < -0.39 is 0 Å². The number of nitrogens with zero attached hydrogens (tertiary/aromatic N) is 2. The van der Waals surface area contributed by atoms with Crippen LogP contribution in [-0.2, 0) is 11.3 Å². The largest absolute Gasteiger partial charge is 0.348 e. The highest BCUT2D eigenvalue weighted by Crippen LogP contribution is 2.15. The van der Waals surface area contributed by atoms with Gasteiger partial charge >= 0.3 is 0 Å². The van der Waals surface area contributed by atoms with Crippen molar-refractivity contribution in [1.82, 2.24) is 15.1 Å². The molecule has 1 unspecified atom stereocenters. The molecule has 7 heteroatoms. The van der Waals surface area contributed by atoms with E-state index in [1.807, 2.05) is 6.92 Å². The molecule has 1 atom stereocenters. The van der Waals surface area contributed by atoms with Gasteiger partial charge in [-0.15, -0.1) is 24.8 Å². The van der Waals surface area contributed by atoms with Gasteiger partial charge in [0.15, 0.2) is 0 Å². The first-order valence-electron chi connectivity index (χ1n) is 5.94. The fourth-order valence-corrected chi connectivity index (χ4v) is 2.00. The lowest BCUT2D eigenvalue weighted by Crippen LogP contribution is -2.53. The van der Waals surface area contributed by atoms with E-state index in [4.69, 9.17) is 5.73 Å². The second-order valence-electron chi connectivity index (χ2n) is 5.11. The number of halogens is 2. The van der Waals surface area contributed by atoms with Crippen LogP contribution in [0.5, 0.6) is 0 Å². The predicted molar refractivity (Wildman–Crippen MR) is 81.8 cm³/mol. The van der Waals surface area contributed by atoms with Crippen molar-refractivity contribution in [2.75, 3.05) is 6.54 Å². The van der Waals surface area contributed by atoms with E-state index in [0.29, 0.717) is 12.5 Å². The molecule has 0 saturated heterocycles. The number of nitrogens with one attached hydrogen (secondary N) is 1. The number of rotatable bonds is 6. The lowest BCUT2D eigenvalue weighted by molar-refractivity contribution is -0.123. The molecule has 0 radical (unpaired) electrons. The SMILES string of the molecule is CC(C)CC(C)(CN)NC(=O)Cn1cccn1.Cl.Cl. The lowest BCUT2D eigenvalue weighted by Gasteiger charge is -2.31. The number of carbonyl (C=O) groups is 1. The predicted octanol–water partition coefficient (Wildman–Crippen LogP) is 1.61. The van der Waals surface area contributed by atoms with Crippen molar-refractivity contribution in [3.05, 3.63) is 18.5 Å². The number of amides is 1. The van der Waals surface area contributed by atoms with Gasteiger partial charge in [-0.25, -0.2) is 0 Å². The number of hydrogen-bond acceptors (Lipinski definition) is 3. The van der Waals surface area contributed by atoms with Crippen LogP contribution in [0.4, 0.5) is 0 Å². The highest BCUT2D eigenvalue weighted by Gasteiger charge is 2.25. The molecule has 0 saturated carbocycles. The van der Waals surface area contributed by atoms with Crippen molar-refractivity contribution in [1.29, 1.82) is 0 Å².